The Kier molecular flexibility index (Phi) is 7.00. The molecular formula is C19H23N3O5S. The first kappa shape index (κ1) is 21.2. The van der Waals surface area contributed by atoms with E-state index in [1.54, 1.807) is 12.1 Å². The number of rotatable bonds is 8. The summed E-state index contributed by atoms with van der Waals surface area (Å²) < 4.78 is 33.5. The van der Waals surface area contributed by atoms with Crippen molar-refractivity contribution in [3.8, 4) is 5.75 Å². The SMILES string of the molecule is CCCNC(=O)c1ccccc1NS(=O)(=O)c1cc(NC(C)=O)ccc1OC. The third kappa shape index (κ3) is 5.23. The molecule has 0 aliphatic carbocycles. The first-order chi connectivity index (χ1) is 13.3. The number of para-hydroxylation sites is 1. The van der Waals surface area contributed by atoms with E-state index in [2.05, 4.69) is 15.4 Å². The zero-order valence-electron chi connectivity index (χ0n) is 15.9. The molecule has 0 radical (unpaired) electrons. The van der Waals surface area contributed by atoms with Crippen molar-refractivity contribution >= 4 is 33.2 Å². The summed E-state index contributed by atoms with van der Waals surface area (Å²) >= 11 is 0. The molecule has 0 bridgehead atoms. The average molecular weight is 405 g/mol. The molecule has 0 aliphatic rings. The zero-order valence-corrected chi connectivity index (χ0v) is 16.7. The number of hydrogen-bond donors (Lipinski definition) is 3. The summed E-state index contributed by atoms with van der Waals surface area (Å²) in [6.07, 6.45) is 0.757. The van der Waals surface area contributed by atoms with Crippen LogP contribution in [0.5, 0.6) is 5.75 Å². The fraction of sp³-hybridized carbons (Fsp3) is 0.263. The predicted molar refractivity (Wildman–Crippen MR) is 107 cm³/mol. The second kappa shape index (κ2) is 9.23. The van der Waals surface area contributed by atoms with Crippen LogP contribution in [0, 0.1) is 0 Å². The molecule has 2 aromatic rings. The second-order valence-electron chi connectivity index (χ2n) is 5.95. The number of hydrogen-bond acceptors (Lipinski definition) is 5. The summed E-state index contributed by atoms with van der Waals surface area (Å²) in [7, 11) is -2.75. The molecule has 2 amide bonds. The van der Waals surface area contributed by atoms with Crippen LogP contribution in [0.1, 0.15) is 30.6 Å². The third-order valence-electron chi connectivity index (χ3n) is 3.73. The molecule has 0 aliphatic heterocycles. The van der Waals surface area contributed by atoms with Gasteiger partial charge in [-0.2, -0.15) is 0 Å². The lowest BCUT2D eigenvalue weighted by Gasteiger charge is -2.15. The van der Waals surface area contributed by atoms with Crippen molar-refractivity contribution in [1.29, 1.82) is 0 Å². The maximum Gasteiger partial charge on any atom is 0.265 e. The Labute approximate surface area is 164 Å². The van der Waals surface area contributed by atoms with Crippen LogP contribution >= 0.6 is 0 Å². The van der Waals surface area contributed by atoms with E-state index in [4.69, 9.17) is 4.74 Å². The molecule has 0 heterocycles. The third-order valence-corrected chi connectivity index (χ3v) is 5.11. The van der Waals surface area contributed by atoms with Crippen molar-refractivity contribution in [3.63, 3.8) is 0 Å². The lowest BCUT2D eigenvalue weighted by atomic mass is 10.1. The van der Waals surface area contributed by atoms with Gasteiger partial charge in [0.05, 0.1) is 18.4 Å². The van der Waals surface area contributed by atoms with Crippen LogP contribution in [0.15, 0.2) is 47.4 Å². The first-order valence-corrected chi connectivity index (χ1v) is 10.1. The molecular weight excluding hydrogens is 382 g/mol. The van der Waals surface area contributed by atoms with Gasteiger partial charge in [-0.3, -0.25) is 14.3 Å². The highest BCUT2D eigenvalue weighted by molar-refractivity contribution is 7.92. The average Bonchev–Trinajstić information content (AvgIpc) is 2.65. The minimum Gasteiger partial charge on any atom is -0.495 e. The molecule has 8 nitrogen and oxygen atoms in total. The Morgan fingerprint density at radius 2 is 1.82 bits per heavy atom. The number of nitrogens with one attached hydrogen (secondary N) is 3. The molecule has 0 aromatic heterocycles. The number of methoxy groups -OCH3 is 1. The highest BCUT2D eigenvalue weighted by Crippen LogP contribution is 2.29. The van der Waals surface area contributed by atoms with E-state index in [0.29, 0.717) is 12.2 Å². The Morgan fingerprint density at radius 3 is 2.46 bits per heavy atom. The zero-order chi connectivity index (χ0) is 20.7. The van der Waals surface area contributed by atoms with Crippen molar-refractivity contribution in [2.75, 3.05) is 23.7 Å². The van der Waals surface area contributed by atoms with Gasteiger partial charge in [0, 0.05) is 19.2 Å². The number of amides is 2. The van der Waals surface area contributed by atoms with E-state index in [1.165, 1.54) is 44.4 Å². The highest BCUT2D eigenvalue weighted by Gasteiger charge is 2.23. The van der Waals surface area contributed by atoms with Gasteiger partial charge in [0.1, 0.15) is 10.6 Å². The Balaban J connectivity index is 2.42. The van der Waals surface area contributed by atoms with Crippen LogP contribution in [-0.2, 0) is 14.8 Å². The van der Waals surface area contributed by atoms with E-state index >= 15 is 0 Å². The molecule has 150 valence electrons. The predicted octanol–water partition coefficient (Wildman–Crippen LogP) is 2.59. The number of sulfonamides is 1. The van der Waals surface area contributed by atoms with Gasteiger partial charge < -0.3 is 15.4 Å². The lowest BCUT2D eigenvalue weighted by molar-refractivity contribution is -0.114. The maximum absolute atomic E-state index is 13.0. The largest absolute Gasteiger partial charge is 0.495 e. The molecule has 3 N–H and O–H groups in total. The van der Waals surface area contributed by atoms with E-state index < -0.39 is 10.0 Å². The van der Waals surface area contributed by atoms with Gasteiger partial charge in [-0.15, -0.1) is 0 Å². The van der Waals surface area contributed by atoms with Gasteiger partial charge in [-0.05, 0) is 36.8 Å². The van der Waals surface area contributed by atoms with E-state index in [1.807, 2.05) is 6.92 Å². The number of benzene rings is 2. The van der Waals surface area contributed by atoms with Crippen LogP contribution in [0.2, 0.25) is 0 Å². The fourth-order valence-electron chi connectivity index (χ4n) is 2.47. The summed E-state index contributed by atoms with van der Waals surface area (Å²) in [5, 5.41) is 5.26. The molecule has 2 rings (SSSR count). The molecule has 2 aromatic carbocycles. The minimum absolute atomic E-state index is 0.106. The smallest absolute Gasteiger partial charge is 0.265 e. The van der Waals surface area contributed by atoms with Crippen molar-refractivity contribution < 1.29 is 22.7 Å². The van der Waals surface area contributed by atoms with Gasteiger partial charge in [-0.1, -0.05) is 19.1 Å². The number of anilines is 2. The maximum atomic E-state index is 13.0. The van der Waals surface area contributed by atoms with E-state index in [9.17, 15) is 18.0 Å². The van der Waals surface area contributed by atoms with Crippen LogP contribution in [0.3, 0.4) is 0 Å². The van der Waals surface area contributed by atoms with Crippen molar-refractivity contribution in [2.45, 2.75) is 25.2 Å². The summed E-state index contributed by atoms with van der Waals surface area (Å²) in [6.45, 7) is 3.72. The standard InChI is InChI=1S/C19H23N3O5S/c1-4-11-20-19(24)15-7-5-6-8-16(15)22-28(25,26)18-12-14(21-13(2)23)9-10-17(18)27-3/h5-10,12,22H,4,11H2,1-3H3,(H,20,24)(H,21,23). The molecule has 0 spiro atoms. The molecule has 28 heavy (non-hydrogen) atoms. The molecule has 0 saturated heterocycles. The van der Waals surface area contributed by atoms with Crippen molar-refractivity contribution in [1.82, 2.24) is 5.32 Å². The molecule has 0 saturated carbocycles. The van der Waals surface area contributed by atoms with Crippen LogP contribution in [0.25, 0.3) is 0 Å². The van der Waals surface area contributed by atoms with Gasteiger partial charge in [0.2, 0.25) is 5.91 Å². The molecule has 0 fully saturated rings. The number of carbonyl (C=O) groups is 2. The lowest BCUT2D eigenvalue weighted by Crippen LogP contribution is -2.26. The van der Waals surface area contributed by atoms with E-state index in [-0.39, 0.29) is 33.7 Å². The molecule has 0 unspecified atom stereocenters. The van der Waals surface area contributed by atoms with E-state index in [0.717, 1.165) is 6.42 Å². The minimum atomic E-state index is -4.10. The van der Waals surface area contributed by atoms with Crippen LogP contribution < -0.4 is 20.1 Å². The van der Waals surface area contributed by atoms with Crippen LogP contribution in [0.4, 0.5) is 11.4 Å². The molecule has 9 heteroatoms. The summed E-state index contributed by atoms with van der Waals surface area (Å²) in [6, 6.07) is 10.6. The number of carbonyl (C=O) groups excluding carboxylic acids is 2. The van der Waals surface area contributed by atoms with Gasteiger partial charge in [0.15, 0.2) is 0 Å². The quantitative estimate of drug-likeness (QED) is 0.625. The fourth-order valence-corrected chi connectivity index (χ4v) is 3.75. The van der Waals surface area contributed by atoms with Crippen molar-refractivity contribution in [3.05, 3.63) is 48.0 Å². The Hall–Kier alpha value is -3.07. The summed E-state index contributed by atoms with van der Waals surface area (Å²) in [4.78, 5) is 23.4. The summed E-state index contributed by atoms with van der Waals surface area (Å²) in [5.74, 6) is -0.604. The van der Waals surface area contributed by atoms with Gasteiger partial charge >= 0.3 is 0 Å². The van der Waals surface area contributed by atoms with Gasteiger partial charge in [0.25, 0.3) is 15.9 Å². The monoisotopic (exact) mass is 405 g/mol. The topological polar surface area (TPSA) is 114 Å². The van der Waals surface area contributed by atoms with Crippen LogP contribution in [-0.4, -0.2) is 33.9 Å². The Morgan fingerprint density at radius 1 is 1.11 bits per heavy atom. The first-order valence-electron chi connectivity index (χ1n) is 8.64. The highest BCUT2D eigenvalue weighted by atomic mass is 32.2. The van der Waals surface area contributed by atoms with Gasteiger partial charge in [-0.25, -0.2) is 8.42 Å². The Bertz CT molecular complexity index is 973. The normalized spacial score (nSPS) is 10.8. The summed E-state index contributed by atoms with van der Waals surface area (Å²) in [5.41, 5.74) is 0.655. The second-order valence-corrected chi connectivity index (χ2v) is 7.60. The van der Waals surface area contributed by atoms with Crippen molar-refractivity contribution in [2.24, 2.45) is 0 Å². The number of ether oxygens (including phenoxy) is 1. The molecule has 0 atom stereocenters.